The molecule has 2 bridgehead atoms. The Bertz CT molecular complexity index is 489. The van der Waals surface area contributed by atoms with Crippen LogP contribution < -0.4 is 5.73 Å². The van der Waals surface area contributed by atoms with Crippen molar-refractivity contribution in [1.82, 2.24) is 4.90 Å². The van der Waals surface area contributed by atoms with Gasteiger partial charge in [0, 0.05) is 18.6 Å². The van der Waals surface area contributed by atoms with Crippen LogP contribution in [0.4, 0.5) is 0 Å². The van der Waals surface area contributed by atoms with Crippen LogP contribution in [0.15, 0.2) is 24.3 Å². The van der Waals surface area contributed by atoms with Crippen LogP contribution in [0.2, 0.25) is 0 Å². The number of nitrogens with two attached hydrogens (primary N) is 1. The largest absolute Gasteiger partial charge is 0.393 e. The summed E-state index contributed by atoms with van der Waals surface area (Å²) in [4.78, 5) is 14.6. The lowest BCUT2D eigenvalue weighted by Gasteiger charge is -2.37. The quantitative estimate of drug-likeness (QED) is 0.870. The van der Waals surface area contributed by atoms with Gasteiger partial charge in [0.1, 0.15) is 0 Å². The highest BCUT2D eigenvalue weighted by Gasteiger charge is 2.42. The van der Waals surface area contributed by atoms with Crippen LogP contribution in [0.1, 0.15) is 36.8 Å². The fourth-order valence-electron chi connectivity index (χ4n) is 3.74. The Morgan fingerprint density at radius 3 is 2.40 bits per heavy atom. The number of carbonyl (C=O) groups excluding carboxylic acids is 1. The minimum Gasteiger partial charge on any atom is -0.393 e. The average Bonchev–Trinajstić information content (AvgIpc) is 2.72. The van der Waals surface area contributed by atoms with Gasteiger partial charge in [0.2, 0.25) is 5.91 Å². The Balaban J connectivity index is 1.74. The lowest BCUT2D eigenvalue weighted by Crippen LogP contribution is -2.48. The second-order valence-corrected chi connectivity index (χ2v) is 5.96. The molecule has 0 aromatic heterocycles. The molecule has 0 spiro atoms. The topological polar surface area (TPSA) is 66.6 Å². The number of hydrogen-bond donors (Lipinski definition) is 2. The minimum atomic E-state index is -0.229. The third-order valence-electron chi connectivity index (χ3n) is 4.68. The number of fused-ring (bicyclic) bond motifs is 2. The van der Waals surface area contributed by atoms with Crippen molar-refractivity contribution in [3.63, 3.8) is 0 Å². The van der Waals surface area contributed by atoms with Crippen molar-refractivity contribution < 1.29 is 9.90 Å². The van der Waals surface area contributed by atoms with Gasteiger partial charge in [-0.15, -0.1) is 0 Å². The van der Waals surface area contributed by atoms with Gasteiger partial charge in [-0.2, -0.15) is 0 Å². The number of piperidine rings is 1. The molecule has 1 amide bonds. The fourth-order valence-corrected chi connectivity index (χ4v) is 3.74. The normalized spacial score (nSPS) is 28.7. The standard InChI is InChI=1S/C16H22N2O2/c17-10-12-4-2-1-3-11(12)7-16(20)18-13-5-6-14(18)9-15(19)8-13/h1-4,13-15,19H,5-10,17H2. The van der Waals surface area contributed by atoms with Crippen LogP contribution in [0.3, 0.4) is 0 Å². The number of carbonyl (C=O) groups is 1. The van der Waals surface area contributed by atoms with Gasteiger partial charge in [0.05, 0.1) is 12.5 Å². The molecule has 2 atom stereocenters. The molecule has 0 radical (unpaired) electrons. The molecule has 1 aromatic rings. The van der Waals surface area contributed by atoms with Gasteiger partial charge in [0.25, 0.3) is 0 Å². The van der Waals surface area contributed by atoms with E-state index < -0.39 is 0 Å². The highest BCUT2D eigenvalue weighted by molar-refractivity contribution is 5.80. The summed E-state index contributed by atoms with van der Waals surface area (Å²) in [5.74, 6) is 0.185. The molecule has 20 heavy (non-hydrogen) atoms. The van der Waals surface area contributed by atoms with Crippen LogP contribution in [0, 0.1) is 0 Å². The number of hydrogen-bond acceptors (Lipinski definition) is 3. The molecule has 4 nitrogen and oxygen atoms in total. The first kappa shape index (κ1) is 13.6. The van der Waals surface area contributed by atoms with Crippen molar-refractivity contribution in [1.29, 1.82) is 0 Å². The molecule has 2 saturated heterocycles. The van der Waals surface area contributed by atoms with E-state index in [4.69, 9.17) is 5.73 Å². The molecule has 0 aliphatic carbocycles. The Morgan fingerprint density at radius 2 is 1.80 bits per heavy atom. The predicted octanol–water partition coefficient (Wildman–Crippen LogP) is 1.20. The zero-order valence-corrected chi connectivity index (χ0v) is 11.7. The first-order valence-corrected chi connectivity index (χ1v) is 7.45. The van der Waals surface area contributed by atoms with E-state index in [9.17, 15) is 9.90 Å². The molecule has 2 unspecified atom stereocenters. The van der Waals surface area contributed by atoms with E-state index in [1.807, 2.05) is 29.2 Å². The van der Waals surface area contributed by atoms with Crippen LogP contribution in [-0.2, 0) is 17.8 Å². The molecule has 3 N–H and O–H groups in total. The van der Waals surface area contributed by atoms with Crippen LogP contribution in [0.5, 0.6) is 0 Å². The number of amides is 1. The van der Waals surface area contributed by atoms with E-state index >= 15 is 0 Å². The predicted molar refractivity (Wildman–Crippen MR) is 76.9 cm³/mol. The van der Waals surface area contributed by atoms with Crippen molar-refractivity contribution in [2.24, 2.45) is 5.73 Å². The third-order valence-corrected chi connectivity index (χ3v) is 4.68. The number of aliphatic hydroxyl groups excluding tert-OH is 1. The summed E-state index contributed by atoms with van der Waals surface area (Å²) in [6.07, 6.45) is 3.74. The highest BCUT2D eigenvalue weighted by Crippen LogP contribution is 2.36. The molecule has 2 heterocycles. The summed E-state index contributed by atoms with van der Waals surface area (Å²) in [5.41, 5.74) is 7.81. The van der Waals surface area contributed by atoms with E-state index in [1.54, 1.807) is 0 Å². The smallest absolute Gasteiger partial charge is 0.227 e. The van der Waals surface area contributed by atoms with Crippen LogP contribution >= 0.6 is 0 Å². The third kappa shape index (κ3) is 2.45. The molecule has 2 aliphatic rings. The maximum atomic E-state index is 12.6. The van der Waals surface area contributed by atoms with Gasteiger partial charge in [-0.1, -0.05) is 24.3 Å². The maximum Gasteiger partial charge on any atom is 0.227 e. The van der Waals surface area contributed by atoms with Gasteiger partial charge < -0.3 is 15.7 Å². The Hall–Kier alpha value is -1.39. The summed E-state index contributed by atoms with van der Waals surface area (Å²) in [5, 5.41) is 9.81. The Morgan fingerprint density at radius 1 is 1.20 bits per heavy atom. The van der Waals surface area contributed by atoms with Crippen molar-refractivity contribution >= 4 is 5.91 Å². The molecule has 108 valence electrons. The lowest BCUT2D eigenvalue weighted by atomic mass is 9.98. The van der Waals surface area contributed by atoms with Crippen molar-refractivity contribution in [2.45, 2.75) is 56.8 Å². The number of aliphatic hydroxyl groups is 1. The maximum absolute atomic E-state index is 12.6. The van der Waals surface area contributed by atoms with Gasteiger partial charge in [-0.3, -0.25) is 4.79 Å². The molecule has 4 heteroatoms. The first-order chi connectivity index (χ1) is 9.69. The van der Waals surface area contributed by atoms with E-state index in [1.165, 1.54) is 0 Å². The van der Waals surface area contributed by atoms with E-state index in [2.05, 4.69) is 0 Å². The molecule has 2 aliphatic heterocycles. The van der Waals surface area contributed by atoms with Crippen molar-refractivity contribution in [3.05, 3.63) is 35.4 Å². The monoisotopic (exact) mass is 274 g/mol. The minimum absolute atomic E-state index is 0.185. The van der Waals surface area contributed by atoms with Gasteiger partial charge in [-0.05, 0) is 36.8 Å². The Labute approximate surface area is 119 Å². The second kappa shape index (κ2) is 5.54. The average molecular weight is 274 g/mol. The number of nitrogens with zero attached hydrogens (tertiary/aromatic N) is 1. The molecule has 3 rings (SSSR count). The van der Waals surface area contributed by atoms with Crippen LogP contribution in [0.25, 0.3) is 0 Å². The number of benzene rings is 1. The first-order valence-electron chi connectivity index (χ1n) is 7.45. The molecular weight excluding hydrogens is 252 g/mol. The van der Waals surface area contributed by atoms with Crippen molar-refractivity contribution in [2.75, 3.05) is 0 Å². The van der Waals surface area contributed by atoms with Gasteiger partial charge >= 0.3 is 0 Å². The molecular formula is C16H22N2O2. The summed E-state index contributed by atoms with van der Waals surface area (Å²) < 4.78 is 0. The van der Waals surface area contributed by atoms with E-state index in [0.717, 1.165) is 36.8 Å². The summed E-state index contributed by atoms with van der Waals surface area (Å²) in [6.45, 7) is 0.467. The lowest BCUT2D eigenvalue weighted by molar-refractivity contribution is -0.136. The number of rotatable bonds is 3. The summed E-state index contributed by atoms with van der Waals surface area (Å²) in [6, 6.07) is 8.35. The second-order valence-electron chi connectivity index (χ2n) is 5.96. The van der Waals surface area contributed by atoms with Gasteiger partial charge in [-0.25, -0.2) is 0 Å². The van der Waals surface area contributed by atoms with Crippen LogP contribution in [-0.4, -0.2) is 34.1 Å². The summed E-state index contributed by atoms with van der Waals surface area (Å²) >= 11 is 0. The van der Waals surface area contributed by atoms with Crippen molar-refractivity contribution in [3.8, 4) is 0 Å². The zero-order valence-electron chi connectivity index (χ0n) is 11.7. The van der Waals surface area contributed by atoms with E-state index in [-0.39, 0.29) is 24.1 Å². The fraction of sp³-hybridized carbons (Fsp3) is 0.562. The SMILES string of the molecule is NCc1ccccc1CC(=O)N1C2CCC1CC(O)C2. The molecule has 2 fully saturated rings. The zero-order chi connectivity index (χ0) is 14.1. The van der Waals surface area contributed by atoms with Gasteiger partial charge in [0.15, 0.2) is 0 Å². The summed E-state index contributed by atoms with van der Waals surface area (Å²) in [7, 11) is 0. The Kier molecular flexibility index (Phi) is 3.76. The molecule has 1 aromatic carbocycles. The molecule has 0 saturated carbocycles. The highest BCUT2D eigenvalue weighted by atomic mass is 16.3. The van der Waals surface area contributed by atoms with E-state index in [0.29, 0.717) is 13.0 Å².